The third-order valence-corrected chi connectivity index (χ3v) is 6.35. The monoisotopic (exact) mass is 451 g/mol. The highest BCUT2D eigenvalue weighted by Gasteiger charge is 2.18. The van der Waals surface area contributed by atoms with Crippen LogP contribution in [-0.2, 0) is 11.3 Å². The first kappa shape index (κ1) is 20.8. The second-order valence-electron chi connectivity index (χ2n) is 6.50. The molecule has 0 atom stereocenters. The van der Waals surface area contributed by atoms with Gasteiger partial charge >= 0.3 is 0 Å². The maximum Gasteiger partial charge on any atom is 0.271 e. The molecule has 2 aromatic carbocycles. The van der Waals surface area contributed by atoms with Crippen LogP contribution in [0.25, 0.3) is 21.5 Å². The number of nitrogens with one attached hydrogen (secondary N) is 1. The lowest BCUT2D eigenvalue weighted by atomic mass is 10.1. The Bertz CT molecular complexity index is 1280. The number of amides is 1. The Labute approximate surface area is 185 Å². The SMILES string of the molecule is C=CCn1c(SCC(=O)Nc2cccc([N+](=O)[O-])c2)nnc1-c1csc2ccccc12. The number of thiophene rings is 1. The molecule has 1 N–H and O–H groups in total. The lowest BCUT2D eigenvalue weighted by Crippen LogP contribution is -2.14. The Morgan fingerprint density at radius 3 is 2.90 bits per heavy atom. The van der Waals surface area contributed by atoms with Gasteiger partial charge in [0.2, 0.25) is 5.91 Å². The normalized spacial score (nSPS) is 10.8. The standard InChI is InChI=1S/C21H17N5O3S2/c1-2-10-25-20(17-12-30-18-9-4-3-8-16(17)18)23-24-21(25)31-13-19(27)22-14-6-5-7-15(11-14)26(28)29/h2-9,11-12H,1,10,13H2,(H,22,27). The Morgan fingerprint density at radius 1 is 1.26 bits per heavy atom. The van der Waals surface area contributed by atoms with Gasteiger partial charge < -0.3 is 5.32 Å². The third-order valence-electron chi connectivity index (χ3n) is 4.42. The summed E-state index contributed by atoms with van der Waals surface area (Å²) in [7, 11) is 0. The van der Waals surface area contributed by atoms with Crippen molar-refractivity contribution in [3.63, 3.8) is 0 Å². The number of benzene rings is 2. The number of thioether (sulfide) groups is 1. The van der Waals surface area contributed by atoms with Gasteiger partial charge in [-0.25, -0.2) is 0 Å². The number of non-ortho nitro benzene ring substituents is 1. The van der Waals surface area contributed by atoms with Crippen LogP contribution in [0, 0.1) is 10.1 Å². The quantitative estimate of drug-likeness (QED) is 0.175. The van der Waals surface area contributed by atoms with Crippen LogP contribution in [-0.4, -0.2) is 31.3 Å². The van der Waals surface area contributed by atoms with Crippen LogP contribution in [0.2, 0.25) is 0 Å². The van der Waals surface area contributed by atoms with E-state index < -0.39 is 4.92 Å². The average Bonchev–Trinajstić information content (AvgIpc) is 3.36. The van der Waals surface area contributed by atoms with E-state index in [2.05, 4.69) is 33.5 Å². The highest BCUT2D eigenvalue weighted by Crippen LogP contribution is 2.34. The van der Waals surface area contributed by atoms with E-state index in [0.29, 0.717) is 17.4 Å². The molecule has 8 nitrogen and oxygen atoms in total. The van der Waals surface area contributed by atoms with Crippen molar-refractivity contribution in [2.75, 3.05) is 11.1 Å². The van der Waals surface area contributed by atoms with E-state index in [0.717, 1.165) is 21.5 Å². The number of fused-ring (bicyclic) bond motifs is 1. The number of rotatable bonds is 8. The molecule has 4 aromatic rings. The molecule has 0 saturated heterocycles. The van der Waals surface area contributed by atoms with Crippen LogP contribution < -0.4 is 5.32 Å². The van der Waals surface area contributed by atoms with Crippen LogP contribution in [0.3, 0.4) is 0 Å². The fraction of sp³-hybridized carbons (Fsp3) is 0.0952. The highest BCUT2D eigenvalue weighted by atomic mass is 32.2. The average molecular weight is 452 g/mol. The molecule has 4 rings (SSSR count). The van der Waals surface area contributed by atoms with Gasteiger partial charge in [0.25, 0.3) is 5.69 Å². The lowest BCUT2D eigenvalue weighted by Gasteiger charge is -2.08. The van der Waals surface area contributed by atoms with Crippen molar-refractivity contribution in [1.29, 1.82) is 0 Å². The van der Waals surface area contributed by atoms with Gasteiger partial charge in [-0.2, -0.15) is 0 Å². The van der Waals surface area contributed by atoms with Crippen molar-refractivity contribution in [3.8, 4) is 11.4 Å². The number of allylic oxidation sites excluding steroid dienone is 1. The predicted molar refractivity (Wildman–Crippen MR) is 123 cm³/mol. The second-order valence-corrected chi connectivity index (χ2v) is 8.35. The molecule has 0 aliphatic heterocycles. The molecule has 0 bridgehead atoms. The molecule has 0 fully saturated rings. The molecule has 0 aliphatic rings. The van der Waals surface area contributed by atoms with Crippen LogP contribution in [0.15, 0.2) is 71.7 Å². The van der Waals surface area contributed by atoms with Gasteiger partial charge in [0.05, 0.1) is 10.7 Å². The summed E-state index contributed by atoms with van der Waals surface area (Å²) in [6.45, 7) is 4.32. The molecular weight excluding hydrogens is 434 g/mol. The maximum absolute atomic E-state index is 12.4. The van der Waals surface area contributed by atoms with Gasteiger partial charge in [0.15, 0.2) is 11.0 Å². The van der Waals surface area contributed by atoms with E-state index in [1.807, 2.05) is 22.8 Å². The summed E-state index contributed by atoms with van der Waals surface area (Å²) in [5, 5.41) is 26.0. The van der Waals surface area contributed by atoms with E-state index in [1.165, 1.54) is 30.0 Å². The van der Waals surface area contributed by atoms with E-state index >= 15 is 0 Å². The van der Waals surface area contributed by atoms with Gasteiger partial charge in [0, 0.05) is 45.4 Å². The van der Waals surface area contributed by atoms with Gasteiger partial charge in [-0.15, -0.1) is 28.1 Å². The number of hydrogen-bond donors (Lipinski definition) is 1. The summed E-state index contributed by atoms with van der Waals surface area (Å²) in [5.41, 5.74) is 1.28. The number of carbonyl (C=O) groups excluding carboxylic acids is 1. The molecule has 0 saturated carbocycles. The van der Waals surface area contributed by atoms with Crippen LogP contribution in [0.4, 0.5) is 11.4 Å². The number of nitro groups is 1. The van der Waals surface area contributed by atoms with Crippen molar-refractivity contribution in [3.05, 3.63) is 76.7 Å². The first-order chi connectivity index (χ1) is 15.1. The number of aromatic nitrogens is 3. The van der Waals surface area contributed by atoms with Crippen LogP contribution in [0.5, 0.6) is 0 Å². The van der Waals surface area contributed by atoms with E-state index in [-0.39, 0.29) is 17.3 Å². The zero-order valence-corrected chi connectivity index (χ0v) is 17.9. The fourth-order valence-electron chi connectivity index (χ4n) is 3.06. The Balaban J connectivity index is 1.51. The van der Waals surface area contributed by atoms with Crippen molar-refractivity contribution in [2.45, 2.75) is 11.7 Å². The van der Waals surface area contributed by atoms with Gasteiger partial charge in [-0.1, -0.05) is 42.1 Å². The summed E-state index contributed by atoms with van der Waals surface area (Å²) < 4.78 is 3.09. The van der Waals surface area contributed by atoms with Crippen molar-refractivity contribution >= 4 is 50.5 Å². The van der Waals surface area contributed by atoms with E-state index in [4.69, 9.17) is 0 Å². The van der Waals surface area contributed by atoms with Gasteiger partial charge in [-0.3, -0.25) is 19.5 Å². The minimum atomic E-state index is -0.502. The summed E-state index contributed by atoms with van der Waals surface area (Å²) in [6, 6.07) is 13.9. The molecule has 2 heterocycles. The van der Waals surface area contributed by atoms with Gasteiger partial charge in [-0.05, 0) is 12.1 Å². The predicted octanol–water partition coefficient (Wildman–Crippen LogP) is 4.98. The lowest BCUT2D eigenvalue weighted by molar-refractivity contribution is -0.384. The molecule has 0 radical (unpaired) electrons. The fourth-order valence-corrected chi connectivity index (χ4v) is 4.75. The minimum Gasteiger partial charge on any atom is -0.325 e. The minimum absolute atomic E-state index is 0.0798. The Kier molecular flexibility index (Phi) is 6.10. The zero-order chi connectivity index (χ0) is 21.8. The smallest absolute Gasteiger partial charge is 0.271 e. The molecule has 0 aliphatic carbocycles. The molecule has 2 aromatic heterocycles. The van der Waals surface area contributed by atoms with Crippen LogP contribution in [0.1, 0.15) is 0 Å². The van der Waals surface area contributed by atoms with Crippen molar-refractivity contribution in [2.24, 2.45) is 0 Å². The molecular formula is C21H17N5O3S2. The maximum atomic E-state index is 12.4. The second kappa shape index (κ2) is 9.11. The van der Waals surface area contributed by atoms with Crippen molar-refractivity contribution < 1.29 is 9.72 Å². The van der Waals surface area contributed by atoms with E-state index in [9.17, 15) is 14.9 Å². The summed E-state index contributed by atoms with van der Waals surface area (Å²) in [6.07, 6.45) is 1.76. The first-order valence-electron chi connectivity index (χ1n) is 9.24. The van der Waals surface area contributed by atoms with Crippen LogP contribution >= 0.6 is 23.1 Å². The summed E-state index contributed by atoms with van der Waals surface area (Å²) >= 11 is 2.89. The molecule has 156 valence electrons. The van der Waals surface area contributed by atoms with Crippen molar-refractivity contribution in [1.82, 2.24) is 14.8 Å². The Hall–Kier alpha value is -3.50. The topological polar surface area (TPSA) is 103 Å². The van der Waals surface area contributed by atoms with Gasteiger partial charge in [0.1, 0.15) is 0 Å². The number of anilines is 1. The first-order valence-corrected chi connectivity index (χ1v) is 11.1. The number of hydrogen-bond acceptors (Lipinski definition) is 7. The summed E-state index contributed by atoms with van der Waals surface area (Å²) in [5.74, 6) is 0.516. The number of carbonyl (C=O) groups is 1. The molecule has 0 unspecified atom stereocenters. The third kappa shape index (κ3) is 4.49. The number of nitrogens with zero attached hydrogens (tertiary/aromatic N) is 4. The highest BCUT2D eigenvalue weighted by molar-refractivity contribution is 7.99. The molecule has 10 heteroatoms. The Morgan fingerprint density at radius 2 is 2.10 bits per heavy atom. The molecule has 1 amide bonds. The summed E-state index contributed by atoms with van der Waals surface area (Å²) in [4.78, 5) is 22.8. The zero-order valence-electron chi connectivity index (χ0n) is 16.2. The largest absolute Gasteiger partial charge is 0.325 e. The molecule has 0 spiro atoms. The number of nitro benzene ring substituents is 1. The molecule has 31 heavy (non-hydrogen) atoms. The van der Waals surface area contributed by atoms with E-state index in [1.54, 1.807) is 23.5 Å².